The molecule has 1 atom stereocenters. The molecule has 108 valence electrons. The Morgan fingerprint density at radius 2 is 1.95 bits per heavy atom. The first-order valence-electron chi connectivity index (χ1n) is 7.50. The Morgan fingerprint density at radius 3 is 2.58 bits per heavy atom. The lowest BCUT2D eigenvalue weighted by Gasteiger charge is -2.21. The average Bonchev–Trinajstić information content (AvgIpc) is 2.41. The maximum Gasteiger partial charge on any atom is 0.144 e. The average molecular weight is 264 g/mol. The van der Waals surface area contributed by atoms with Crippen molar-refractivity contribution in [3.63, 3.8) is 0 Å². The van der Waals surface area contributed by atoms with Gasteiger partial charge >= 0.3 is 0 Å². The van der Waals surface area contributed by atoms with Gasteiger partial charge in [0.05, 0.1) is 18.0 Å². The SMILES string of the molecule is CCCCC(CCC)Nc1cccc(OCC)c1N. The monoisotopic (exact) mass is 264 g/mol. The molecule has 0 heterocycles. The van der Waals surface area contributed by atoms with Gasteiger partial charge in [-0.2, -0.15) is 0 Å². The summed E-state index contributed by atoms with van der Waals surface area (Å²) in [5.74, 6) is 0.776. The Hall–Kier alpha value is -1.38. The molecule has 19 heavy (non-hydrogen) atoms. The molecule has 1 rings (SSSR count). The predicted octanol–water partition coefficient (Wildman–Crippen LogP) is 4.44. The summed E-state index contributed by atoms with van der Waals surface area (Å²) < 4.78 is 5.53. The molecule has 0 fully saturated rings. The molecule has 0 spiro atoms. The van der Waals surface area contributed by atoms with Crippen LogP contribution in [0, 0.1) is 0 Å². The van der Waals surface area contributed by atoms with Gasteiger partial charge in [0.1, 0.15) is 5.75 Å². The van der Waals surface area contributed by atoms with Gasteiger partial charge in [-0.15, -0.1) is 0 Å². The van der Waals surface area contributed by atoms with Gasteiger partial charge in [0.15, 0.2) is 0 Å². The number of para-hydroxylation sites is 1. The first-order chi connectivity index (χ1) is 9.22. The van der Waals surface area contributed by atoms with Crippen molar-refractivity contribution in [2.45, 2.75) is 58.9 Å². The van der Waals surface area contributed by atoms with Crippen LogP contribution < -0.4 is 15.8 Å². The zero-order valence-electron chi connectivity index (χ0n) is 12.5. The van der Waals surface area contributed by atoms with Crippen LogP contribution in [-0.4, -0.2) is 12.6 Å². The standard InChI is InChI=1S/C16H28N2O/c1-4-7-10-13(9-5-2)18-14-11-8-12-15(16(14)17)19-6-3/h8,11-13,18H,4-7,9-10,17H2,1-3H3. The highest BCUT2D eigenvalue weighted by Gasteiger charge is 2.11. The number of hydrogen-bond donors (Lipinski definition) is 2. The molecule has 0 amide bonds. The lowest BCUT2D eigenvalue weighted by molar-refractivity contribution is 0.342. The predicted molar refractivity (Wildman–Crippen MR) is 83.9 cm³/mol. The molecule has 0 radical (unpaired) electrons. The third-order valence-corrected chi connectivity index (χ3v) is 3.27. The molecule has 0 aromatic heterocycles. The zero-order valence-corrected chi connectivity index (χ0v) is 12.5. The fourth-order valence-corrected chi connectivity index (χ4v) is 2.26. The summed E-state index contributed by atoms with van der Waals surface area (Å²) in [6, 6.07) is 6.45. The number of unbranched alkanes of at least 4 members (excludes halogenated alkanes) is 1. The van der Waals surface area contributed by atoms with Crippen molar-refractivity contribution < 1.29 is 4.74 Å². The van der Waals surface area contributed by atoms with Crippen LogP contribution >= 0.6 is 0 Å². The molecule has 0 saturated carbocycles. The molecule has 0 saturated heterocycles. The van der Waals surface area contributed by atoms with Crippen molar-refractivity contribution in [3.05, 3.63) is 18.2 Å². The molecule has 0 aliphatic heterocycles. The van der Waals surface area contributed by atoms with Crippen LogP contribution in [0.1, 0.15) is 52.9 Å². The maximum absolute atomic E-state index is 6.16. The molecule has 1 unspecified atom stereocenters. The zero-order chi connectivity index (χ0) is 14.1. The normalized spacial score (nSPS) is 12.2. The van der Waals surface area contributed by atoms with Crippen LogP contribution in [0.3, 0.4) is 0 Å². The van der Waals surface area contributed by atoms with E-state index in [4.69, 9.17) is 10.5 Å². The summed E-state index contributed by atoms with van der Waals surface area (Å²) in [5, 5.41) is 3.58. The van der Waals surface area contributed by atoms with E-state index in [1.54, 1.807) is 0 Å². The minimum absolute atomic E-state index is 0.504. The fraction of sp³-hybridized carbons (Fsp3) is 0.625. The van der Waals surface area contributed by atoms with Crippen LogP contribution in [0.5, 0.6) is 5.75 Å². The van der Waals surface area contributed by atoms with Gasteiger partial charge in [0, 0.05) is 6.04 Å². The fourth-order valence-electron chi connectivity index (χ4n) is 2.26. The second kappa shape index (κ2) is 8.68. The van der Waals surface area contributed by atoms with E-state index in [2.05, 4.69) is 19.2 Å². The Kier molecular flexibility index (Phi) is 7.16. The Balaban J connectivity index is 2.74. The third kappa shape index (κ3) is 5.01. The van der Waals surface area contributed by atoms with Crippen LogP contribution in [0.25, 0.3) is 0 Å². The summed E-state index contributed by atoms with van der Waals surface area (Å²) in [4.78, 5) is 0. The summed E-state index contributed by atoms with van der Waals surface area (Å²) in [6.45, 7) is 7.07. The molecular weight excluding hydrogens is 236 g/mol. The van der Waals surface area contributed by atoms with Crippen molar-refractivity contribution in [1.29, 1.82) is 0 Å². The number of hydrogen-bond acceptors (Lipinski definition) is 3. The minimum atomic E-state index is 0.504. The largest absolute Gasteiger partial charge is 0.492 e. The molecule has 1 aromatic carbocycles. The van der Waals surface area contributed by atoms with Gasteiger partial charge in [-0.05, 0) is 31.9 Å². The minimum Gasteiger partial charge on any atom is -0.492 e. The molecule has 0 bridgehead atoms. The van der Waals surface area contributed by atoms with Crippen molar-refractivity contribution in [1.82, 2.24) is 0 Å². The Morgan fingerprint density at radius 1 is 1.16 bits per heavy atom. The van der Waals surface area contributed by atoms with Crippen LogP contribution in [-0.2, 0) is 0 Å². The molecular formula is C16H28N2O. The maximum atomic E-state index is 6.16. The number of ether oxygens (including phenoxy) is 1. The van der Waals surface area contributed by atoms with Crippen LogP contribution in [0.15, 0.2) is 18.2 Å². The van der Waals surface area contributed by atoms with Crippen molar-refractivity contribution >= 4 is 11.4 Å². The van der Waals surface area contributed by atoms with E-state index in [1.807, 2.05) is 25.1 Å². The number of nitrogens with two attached hydrogens (primary N) is 1. The van der Waals surface area contributed by atoms with E-state index in [9.17, 15) is 0 Å². The van der Waals surface area contributed by atoms with Crippen molar-refractivity contribution in [2.75, 3.05) is 17.7 Å². The number of nitrogens with one attached hydrogen (secondary N) is 1. The highest BCUT2D eigenvalue weighted by molar-refractivity contribution is 5.73. The van der Waals surface area contributed by atoms with E-state index in [0.717, 1.165) is 17.1 Å². The second-order valence-corrected chi connectivity index (χ2v) is 4.92. The van der Waals surface area contributed by atoms with Gasteiger partial charge in [0.25, 0.3) is 0 Å². The summed E-state index contributed by atoms with van der Waals surface area (Å²) in [6.07, 6.45) is 6.05. The lowest BCUT2D eigenvalue weighted by Crippen LogP contribution is -2.20. The molecule has 0 aliphatic rings. The van der Waals surface area contributed by atoms with E-state index in [1.165, 1.54) is 32.1 Å². The number of rotatable bonds is 9. The molecule has 0 aliphatic carbocycles. The van der Waals surface area contributed by atoms with Crippen LogP contribution in [0.2, 0.25) is 0 Å². The smallest absolute Gasteiger partial charge is 0.144 e. The Bertz CT molecular complexity index is 366. The van der Waals surface area contributed by atoms with Crippen molar-refractivity contribution in [3.8, 4) is 5.75 Å². The van der Waals surface area contributed by atoms with Crippen LogP contribution in [0.4, 0.5) is 11.4 Å². The number of nitrogen functional groups attached to an aromatic ring is 1. The van der Waals surface area contributed by atoms with Crippen molar-refractivity contribution in [2.24, 2.45) is 0 Å². The van der Waals surface area contributed by atoms with Gasteiger partial charge in [0.2, 0.25) is 0 Å². The Labute approximate surface area is 117 Å². The third-order valence-electron chi connectivity index (χ3n) is 3.27. The molecule has 1 aromatic rings. The summed E-state index contributed by atoms with van der Waals surface area (Å²) in [7, 11) is 0. The molecule has 3 heteroatoms. The number of anilines is 2. The summed E-state index contributed by atoms with van der Waals surface area (Å²) in [5.41, 5.74) is 7.88. The lowest BCUT2D eigenvalue weighted by atomic mass is 10.0. The van der Waals surface area contributed by atoms with E-state index >= 15 is 0 Å². The van der Waals surface area contributed by atoms with E-state index in [-0.39, 0.29) is 0 Å². The first kappa shape index (κ1) is 15.7. The van der Waals surface area contributed by atoms with Gasteiger partial charge < -0.3 is 15.8 Å². The second-order valence-electron chi connectivity index (χ2n) is 4.92. The number of benzene rings is 1. The van der Waals surface area contributed by atoms with E-state index in [0.29, 0.717) is 12.6 Å². The van der Waals surface area contributed by atoms with E-state index < -0.39 is 0 Å². The summed E-state index contributed by atoms with van der Waals surface area (Å²) >= 11 is 0. The highest BCUT2D eigenvalue weighted by Crippen LogP contribution is 2.30. The highest BCUT2D eigenvalue weighted by atomic mass is 16.5. The molecule has 3 nitrogen and oxygen atoms in total. The van der Waals surface area contributed by atoms with Gasteiger partial charge in [-0.3, -0.25) is 0 Å². The van der Waals surface area contributed by atoms with Gasteiger partial charge in [-0.1, -0.05) is 39.2 Å². The molecule has 3 N–H and O–H groups in total. The first-order valence-corrected chi connectivity index (χ1v) is 7.50. The topological polar surface area (TPSA) is 47.3 Å². The van der Waals surface area contributed by atoms with Gasteiger partial charge in [-0.25, -0.2) is 0 Å². The quantitative estimate of drug-likeness (QED) is 0.648.